The zero-order valence-electron chi connectivity index (χ0n) is 16.9. The summed E-state index contributed by atoms with van der Waals surface area (Å²) in [5.41, 5.74) is 1.72. The highest BCUT2D eigenvalue weighted by molar-refractivity contribution is 5.90. The molecule has 7 nitrogen and oxygen atoms in total. The Bertz CT molecular complexity index is 872. The van der Waals surface area contributed by atoms with Crippen LogP contribution < -0.4 is 0 Å². The normalized spacial score (nSPS) is 16.7. The van der Waals surface area contributed by atoms with Crippen LogP contribution in [0.1, 0.15) is 24.0 Å². The molecule has 3 rings (SSSR count). The lowest BCUT2D eigenvalue weighted by molar-refractivity contribution is -0.150. The van der Waals surface area contributed by atoms with Crippen LogP contribution >= 0.6 is 0 Å². The standard InChI is InChI=1S/C23H26N2O5/c1-24(23(29)30-16-18-11-6-3-7-12-18)20(15-17-9-4-2-5-10-17)21(26)25-14-8-13-19(25)22(27)28/h2-7,9-12,19-20H,8,13-16H2,1H3,(H,27,28). The summed E-state index contributed by atoms with van der Waals surface area (Å²) in [5.74, 6) is -1.39. The minimum Gasteiger partial charge on any atom is -0.480 e. The second-order valence-corrected chi connectivity index (χ2v) is 7.38. The van der Waals surface area contributed by atoms with Crippen molar-refractivity contribution in [3.63, 3.8) is 0 Å². The molecule has 1 saturated heterocycles. The lowest BCUT2D eigenvalue weighted by atomic mass is 10.0. The monoisotopic (exact) mass is 410 g/mol. The summed E-state index contributed by atoms with van der Waals surface area (Å²) < 4.78 is 5.40. The maximum Gasteiger partial charge on any atom is 0.410 e. The van der Waals surface area contributed by atoms with Gasteiger partial charge in [-0.05, 0) is 24.0 Å². The van der Waals surface area contributed by atoms with Crippen LogP contribution in [0, 0.1) is 0 Å². The number of rotatable bonds is 7. The van der Waals surface area contributed by atoms with Crippen molar-refractivity contribution >= 4 is 18.0 Å². The lowest BCUT2D eigenvalue weighted by Gasteiger charge is -2.32. The number of carboxylic acids is 1. The minimum atomic E-state index is -1.02. The number of hydrogen-bond acceptors (Lipinski definition) is 4. The number of carbonyl (C=O) groups is 3. The van der Waals surface area contributed by atoms with E-state index in [4.69, 9.17) is 4.74 Å². The van der Waals surface area contributed by atoms with Crippen molar-refractivity contribution in [2.24, 2.45) is 0 Å². The van der Waals surface area contributed by atoms with Crippen molar-refractivity contribution in [3.05, 3.63) is 71.8 Å². The van der Waals surface area contributed by atoms with Gasteiger partial charge in [-0.1, -0.05) is 60.7 Å². The molecular weight excluding hydrogens is 384 g/mol. The van der Waals surface area contributed by atoms with Crippen molar-refractivity contribution in [2.45, 2.75) is 38.0 Å². The van der Waals surface area contributed by atoms with Gasteiger partial charge in [-0.3, -0.25) is 9.69 Å². The van der Waals surface area contributed by atoms with E-state index in [9.17, 15) is 19.5 Å². The Hall–Kier alpha value is -3.35. The van der Waals surface area contributed by atoms with Crippen LogP contribution in [0.4, 0.5) is 4.79 Å². The zero-order chi connectivity index (χ0) is 21.5. The molecule has 2 aromatic carbocycles. The van der Waals surface area contributed by atoms with Crippen molar-refractivity contribution < 1.29 is 24.2 Å². The highest BCUT2D eigenvalue weighted by atomic mass is 16.6. The first-order valence-electron chi connectivity index (χ1n) is 9.98. The van der Waals surface area contributed by atoms with Gasteiger partial charge in [0.05, 0.1) is 0 Å². The Labute approximate surface area is 175 Å². The number of hydrogen-bond donors (Lipinski definition) is 1. The summed E-state index contributed by atoms with van der Waals surface area (Å²) in [6.07, 6.45) is 0.697. The SMILES string of the molecule is CN(C(=O)OCc1ccccc1)C(Cc1ccccc1)C(=O)N1CCCC1C(=O)O. The Morgan fingerprint density at radius 1 is 1.07 bits per heavy atom. The molecule has 0 saturated carbocycles. The number of likely N-dealkylation sites (N-methyl/N-ethyl adjacent to an activating group) is 1. The number of ether oxygens (including phenoxy) is 1. The summed E-state index contributed by atoms with van der Waals surface area (Å²) >= 11 is 0. The van der Waals surface area contributed by atoms with E-state index in [0.29, 0.717) is 19.4 Å². The number of likely N-dealkylation sites (tertiary alicyclic amines) is 1. The van der Waals surface area contributed by atoms with Crippen molar-refractivity contribution in [2.75, 3.05) is 13.6 Å². The summed E-state index contributed by atoms with van der Waals surface area (Å²) in [5, 5.41) is 9.46. The molecule has 2 amide bonds. The molecule has 2 atom stereocenters. The molecule has 158 valence electrons. The Kier molecular flexibility index (Phi) is 7.06. The molecule has 2 aromatic rings. The molecule has 1 aliphatic rings. The van der Waals surface area contributed by atoms with E-state index in [-0.39, 0.29) is 18.9 Å². The zero-order valence-corrected chi connectivity index (χ0v) is 16.9. The molecule has 0 radical (unpaired) electrons. The van der Waals surface area contributed by atoms with Crippen LogP contribution in [0.15, 0.2) is 60.7 Å². The van der Waals surface area contributed by atoms with E-state index in [1.165, 1.54) is 16.8 Å². The van der Waals surface area contributed by atoms with Crippen LogP contribution in [-0.2, 0) is 27.4 Å². The van der Waals surface area contributed by atoms with Crippen LogP contribution in [0.3, 0.4) is 0 Å². The molecule has 1 N–H and O–H groups in total. The number of aliphatic carboxylic acids is 1. The Balaban J connectivity index is 1.76. The number of nitrogens with zero attached hydrogens (tertiary/aromatic N) is 2. The highest BCUT2D eigenvalue weighted by Crippen LogP contribution is 2.22. The molecule has 0 aromatic heterocycles. The maximum atomic E-state index is 13.3. The van der Waals surface area contributed by atoms with E-state index in [1.54, 1.807) is 0 Å². The predicted molar refractivity (Wildman–Crippen MR) is 111 cm³/mol. The van der Waals surface area contributed by atoms with Gasteiger partial charge in [0.15, 0.2) is 0 Å². The predicted octanol–water partition coefficient (Wildman–Crippen LogP) is 2.94. The van der Waals surface area contributed by atoms with Crippen molar-refractivity contribution in [1.29, 1.82) is 0 Å². The van der Waals surface area contributed by atoms with Crippen molar-refractivity contribution in [3.8, 4) is 0 Å². The van der Waals surface area contributed by atoms with Crippen molar-refractivity contribution in [1.82, 2.24) is 9.80 Å². The molecule has 0 bridgehead atoms. The number of carboxylic acid groups (broad SMARTS) is 1. The number of benzene rings is 2. The second-order valence-electron chi connectivity index (χ2n) is 7.38. The van der Waals surface area contributed by atoms with E-state index in [0.717, 1.165) is 11.1 Å². The molecular formula is C23H26N2O5. The van der Waals surface area contributed by atoms with Crippen LogP contribution in [0.2, 0.25) is 0 Å². The first kappa shape index (κ1) is 21.4. The summed E-state index contributed by atoms with van der Waals surface area (Å²) in [7, 11) is 1.52. The van der Waals surface area contributed by atoms with Crippen LogP contribution in [-0.4, -0.2) is 58.6 Å². The molecule has 1 fully saturated rings. The largest absolute Gasteiger partial charge is 0.480 e. The third-order valence-electron chi connectivity index (χ3n) is 5.34. The first-order valence-corrected chi connectivity index (χ1v) is 9.98. The fourth-order valence-corrected chi connectivity index (χ4v) is 3.65. The Morgan fingerprint density at radius 2 is 1.67 bits per heavy atom. The van der Waals surface area contributed by atoms with Gasteiger partial charge in [-0.2, -0.15) is 0 Å². The quantitative estimate of drug-likeness (QED) is 0.758. The van der Waals surface area contributed by atoms with Gasteiger partial charge in [0.2, 0.25) is 5.91 Å². The van der Waals surface area contributed by atoms with Gasteiger partial charge < -0.3 is 14.7 Å². The number of amides is 2. The van der Waals surface area contributed by atoms with E-state index < -0.39 is 24.1 Å². The van der Waals surface area contributed by atoms with Gasteiger partial charge in [0, 0.05) is 20.0 Å². The summed E-state index contributed by atoms with van der Waals surface area (Å²) in [6.45, 7) is 0.464. The van der Waals surface area contributed by atoms with Gasteiger partial charge in [-0.25, -0.2) is 9.59 Å². The maximum absolute atomic E-state index is 13.3. The fraction of sp³-hybridized carbons (Fsp3) is 0.348. The fourth-order valence-electron chi connectivity index (χ4n) is 3.65. The first-order chi connectivity index (χ1) is 14.5. The lowest BCUT2D eigenvalue weighted by Crippen LogP contribution is -2.53. The molecule has 30 heavy (non-hydrogen) atoms. The molecule has 1 aliphatic heterocycles. The smallest absolute Gasteiger partial charge is 0.410 e. The van der Waals surface area contributed by atoms with Crippen LogP contribution in [0.5, 0.6) is 0 Å². The van der Waals surface area contributed by atoms with Gasteiger partial charge >= 0.3 is 12.1 Å². The molecule has 1 heterocycles. The average molecular weight is 410 g/mol. The van der Waals surface area contributed by atoms with Gasteiger partial charge in [0.1, 0.15) is 18.7 Å². The molecule has 0 aliphatic carbocycles. The van der Waals surface area contributed by atoms with E-state index in [2.05, 4.69) is 0 Å². The van der Waals surface area contributed by atoms with E-state index in [1.807, 2.05) is 60.7 Å². The van der Waals surface area contributed by atoms with Crippen LogP contribution in [0.25, 0.3) is 0 Å². The highest BCUT2D eigenvalue weighted by Gasteiger charge is 2.39. The minimum absolute atomic E-state index is 0.0950. The number of carbonyl (C=O) groups excluding carboxylic acids is 2. The third kappa shape index (κ3) is 5.17. The molecule has 2 unspecified atom stereocenters. The molecule has 0 spiro atoms. The van der Waals surface area contributed by atoms with Gasteiger partial charge in [0.25, 0.3) is 0 Å². The third-order valence-corrected chi connectivity index (χ3v) is 5.34. The summed E-state index contributed by atoms with van der Waals surface area (Å²) in [6, 6.07) is 16.9. The molecule has 7 heteroatoms. The average Bonchev–Trinajstić information content (AvgIpc) is 3.27. The summed E-state index contributed by atoms with van der Waals surface area (Å²) in [4.78, 5) is 40.2. The Morgan fingerprint density at radius 3 is 2.27 bits per heavy atom. The van der Waals surface area contributed by atoms with Gasteiger partial charge in [-0.15, -0.1) is 0 Å². The topological polar surface area (TPSA) is 87.2 Å². The van der Waals surface area contributed by atoms with E-state index >= 15 is 0 Å². The second kappa shape index (κ2) is 9.91.